The zero-order valence-electron chi connectivity index (χ0n) is 14.9. The highest BCUT2D eigenvalue weighted by Gasteiger charge is 2.39. The van der Waals surface area contributed by atoms with E-state index in [1.807, 2.05) is 48.5 Å². The number of thiazole rings is 1. The molecule has 5 nitrogen and oxygen atoms in total. The summed E-state index contributed by atoms with van der Waals surface area (Å²) in [4.78, 5) is 31.7. The van der Waals surface area contributed by atoms with Gasteiger partial charge in [0.15, 0.2) is 0 Å². The average molecular weight is 412 g/mol. The SMILES string of the molecule is NC(=O)C(c1ccccc1)N(C(=O)c1cscn1)[C@@H]1CCc2ccc(Cl)cc21. The van der Waals surface area contributed by atoms with Crippen LogP contribution in [0.25, 0.3) is 0 Å². The second kappa shape index (κ2) is 7.73. The van der Waals surface area contributed by atoms with Crippen molar-refractivity contribution in [3.8, 4) is 0 Å². The van der Waals surface area contributed by atoms with Crippen LogP contribution in [0.3, 0.4) is 0 Å². The number of amides is 2. The lowest BCUT2D eigenvalue weighted by atomic mass is 9.99. The van der Waals surface area contributed by atoms with Gasteiger partial charge in [0.25, 0.3) is 5.91 Å². The van der Waals surface area contributed by atoms with Crippen LogP contribution < -0.4 is 5.73 Å². The van der Waals surface area contributed by atoms with Gasteiger partial charge in [-0.15, -0.1) is 11.3 Å². The Morgan fingerprint density at radius 3 is 2.68 bits per heavy atom. The van der Waals surface area contributed by atoms with Crippen molar-refractivity contribution in [3.63, 3.8) is 0 Å². The van der Waals surface area contributed by atoms with Gasteiger partial charge in [-0.25, -0.2) is 4.98 Å². The Hall–Kier alpha value is -2.70. The van der Waals surface area contributed by atoms with Gasteiger partial charge in [-0.05, 0) is 41.7 Å². The maximum absolute atomic E-state index is 13.4. The molecule has 7 heteroatoms. The standard InChI is InChI=1S/C21H18ClN3O2S/c22-15-8-6-13-7-9-18(16(13)10-15)25(21(27)17-11-28-12-24-17)19(20(23)26)14-4-2-1-3-5-14/h1-6,8,10-12,18-19H,7,9H2,(H2,23,26)/t18-,19?/m1/s1. The third-order valence-electron chi connectivity index (χ3n) is 5.04. The molecule has 0 saturated carbocycles. The molecule has 2 aromatic carbocycles. The number of nitrogens with zero attached hydrogens (tertiary/aromatic N) is 2. The van der Waals surface area contributed by atoms with Crippen molar-refractivity contribution in [2.24, 2.45) is 5.73 Å². The number of carbonyl (C=O) groups excluding carboxylic acids is 2. The van der Waals surface area contributed by atoms with Crippen LogP contribution in [0.2, 0.25) is 5.02 Å². The van der Waals surface area contributed by atoms with E-state index < -0.39 is 11.9 Å². The molecule has 3 aromatic rings. The topological polar surface area (TPSA) is 76.3 Å². The Labute approximate surface area is 171 Å². The number of rotatable bonds is 5. The van der Waals surface area contributed by atoms with Gasteiger partial charge in [0.2, 0.25) is 5.91 Å². The summed E-state index contributed by atoms with van der Waals surface area (Å²) < 4.78 is 0. The van der Waals surface area contributed by atoms with Crippen molar-refractivity contribution in [3.05, 3.63) is 86.8 Å². The number of carbonyl (C=O) groups is 2. The number of hydrogen-bond acceptors (Lipinski definition) is 4. The number of primary amides is 1. The number of halogens is 1. The highest BCUT2D eigenvalue weighted by atomic mass is 35.5. The maximum atomic E-state index is 13.4. The molecule has 0 aliphatic heterocycles. The summed E-state index contributed by atoms with van der Waals surface area (Å²) in [5, 5.41) is 2.29. The van der Waals surface area contributed by atoms with Crippen molar-refractivity contribution in [1.29, 1.82) is 0 Å². The fourth-order valence-electron chi connectivity index (χ4n) is 3.83. The molecule has 0 saturated heterocycles. The second-order valence-corrected chi connectivity index (χ2v) is 7.85. The van der Waals surface area contributed by atoms with Crippen LogP contribution in [0, 0.1) is 0 Å². The monoisotopic (exact) mass is 411 g/mol. The first kappa shape index (κ1) is 18.7. The summed E-state index contributed by atoms with van der Waals surface area (Å²) in [6, 6.07) is 13.6. The number of nitrogens with two attached hydrogens (primary N) is 1. The molecule has 1 aromatic heterocycles. The van der Waals surface area contributed by atoms with Crippen LogP contribution in [-0.2, 0) is 11.2 Å². The Balaban J connectivity index is 1.85. The quantitative estimate of drug-likeness (QED) is 0.685. The Bertz CT molecular complexity index is 1010. The first-order chi connectivity index (χ1) is 13.6. The van der Waals surface area contributed by atoms with Crippen LogP contribution in [-0.4, -0.2) is 21.7 Å². The van der Waals surface area contributed by atoms with Gasteiger partial charge >= 0.3 is 0 Å². The molecular weight excluding hydrogens is 394 g/mol. The number of aryl methyl sites for hydroxylation is 1. The molecule has 1 aliphatic carbocycles. The van der Waals surface area contributed by atoms with E-state index in [1.165, 1.54) is 11.3 Å². The lowest BCUT2D eigenvalue weighted by molar-refractivity contribution is -0.123. The van der Waals surface area contributed by atoms with E-state index in [4.69, 9.17) is 17.3 Å². The summed E-state index contributed by atoms with van der Waals surface area (Å²) in [5.74, 6) is -0.892. The lowest BCUT2D eigenvalue weighted by Gasteiger charge is -2.35. The lowest BCUT2D eigenvalue weighted by Crippen LogP contribution is -2.43. The summed E-state index contributed by atoms with van der Waals surface area (Å²) in [5.41, 5.74) is 10.5. The minimum absolute atomic E-state index is 0.305. The Kier molecular flexibility index (Phi) is 5.15. The van der Waals surface area contributed by atoms with Gasteiger partial charge < -0.3 is 10.6 Å². The second-order valence-electron chi connectivity index (χ2n) is 6.70. The van der Waals surface area contributed by atoms with Crippen molar-refractivity contribution in [2.45, 2.75) is 24.9 Å². The van der Waals surface area contributed by atoms with E-state index in [9.17, 15) is 9.59 Å². The smallest absolute Gasteiger partial charge is 0.274 e. The predicted molar refractivity (Wildman–Crippen MR) is 109 cm³/mol. The Morgan fingerprint density at radius 1 is 1.21 bits per heavy atom. The largest absolute Gasteiger partial charge is 0.368 e. The number of hydrogen-bond donors (Lipinski definition) is 1. The molecule has 2 amide bonds. The first-order valence-corrected chi connectivity index (χ1v) is 10.2. The highest BCUT2D eigenvalue weighted by Crippen LogP contribution is 2.42. The van der Waals surface area contributed by atoms with Crippen molar-refractivity contribution in [1.82, 2.24) is 9.88 Å². The minimum atomic E-state index is -0.898. The number of fused-ring (bicyclic) bond motifs is 1. The van der Waals surface area contributed by atoms with Crippen molar-refractivity contribution < 1.29 is 9.59 Å². The molecule has 142 valence electrons. The molecule has 0 fully saturated rings. The van der Waals surface area contributed by atoms with E-state index in [0.717, 1.165) is 17.5 Å². The first-order valence-electron chi connectivity index (χ1n) is 8.89. The van der Waals surface area contributed by atoms with Crippen molar-refractivity contribution in [2.75, 3.05) is 0 Å². The van der Waals surface area contributed by atoms with Gasteiger partial charge in [0.05, 0.1) is 11.6 Å². The minimum Gasteiger partial charge on any atom is -0.368 e. The molecule has 1 unspecified atom stereocenters. The van der Waals surface area contributed by atoms with E-state index >= 15 is 0 Å². The molecule has 0 spiro atoms. The maximum Gasteiger partial charge on any atom is 0.274 e. The van der Waals surface area contributed by atoms with Crippen LogP contribution in [0.15, 0.2) is 59.4 Å². The van der Waals surface area contributed by atoms with Crippen molar-refractivity contribution >= 4 is 34.8 Å². The summed E-state index contributed by atoms with van der Waals surface area (Å²) in [7, 11) is 0. The molecule has 1 heterocycles. The fraction of sp³-hybridized carbons (Fsp3) is 0.190. The fourth-order valence-corrected chi connectivity index (χ4v) is 4.53. The Morgan fingerprint density at radius 2 is 2.00 bits per heavy atom. The average Bonchev–Trinajstić information content (AvgIpc) is 3.36. The molecule has 0 radical (unpaired) electrons. The third kappa shape index (κ3) is 3.41. The van der Waals surface area contributed by atoms with Gasteiger partial charge in [0.1, 0.15) is 11.7 Å². The van der Waals surface area contributed by atoms with E-state index in [-0.39, 0.29) is 11.9 Å². The van der Waals surface area contributed by atoms with Gasteiger partial charge in [0, 0.05) is 10.4 Å². The van der Waals surface area contributed by atoms with E-state index in [1.54, 1.807) is 15.8 Å². The zero-order chi connectivity index (χ0) is 19.7. The van der Waals surface area contributed by atoms with Crippen LogP contribution >= 0.6 is 22.9 Å². The van der Waals surface area contributed by atoms with Crippen LogP contribution in [0.4, 0.5) is 0 Å². The molecule has 2 N–H and O–H groups in total. The molecule has 0 bridgehead atoms. The van der Waals surface area contributed by atoms with Gasteiger partial charge in [-0.3, -0.25) is 9.59 Å². The predicted octanol–water partition coefficient (Wildman–Crippen LogP) is 4.15. The molecule has 2 atom stereocenters. The van der Waals surface area contributed by atoms with Crippen LogP contribution in [0.5, 0.6) is 0 Å². The molecular formula is C21H18ClN3O2S. The number of aromatic nitrogens is 1. The third-order valence-corrected chi connectivity index (χ3v) is 5.86. The summed E-state index contributed by atoms with van der Waals surface area (Å²) in [6.07, 6.45) is 1.50. The normalized spacial score (nSPS) is 16.4. The zero-order valence-corrected chi connectivity index (χ0v) is 16.5. The van der Waals surface area contributed by atoms with E-state index in [2.05, 4.69) is 4.98 Å². The molecule has 1 aliphatic rings. The van der Waals surface area contributed by atoms with E-state index in [0.29, 0.717) is 22.7 Å². The summed E-state index contributed by atoms with van der Waals surface area (Å²) >= 11 is 7.56. The molecule has 4 rings (SSSR count). The van der Waals surface area contributed by atoms with Gasteiger partial charge in [-0.2, -0.15) is 0 Å². The molecule has 28 heavy (non-hydrogen) atoms. The van der Waals surface area contributed by atoms with Crippen LogP contribution in [0.1, 0.15) is 45.7 Å². The van der Waals surface area contributed by atoms with Gasteiger partial charge in [-0.1, -0.05) is 48.0 Å². The summed E-state index contributed by atoms with van der Waals surface area (Å²) in [6.45, 7) is 0. The number of benzene rings is 2. The highest BCUT2D eigenvalue weighted by molar-refractivity contribution is 7.07.